The fourth-order valence-electron chi connectivity index (χ4n) is 2.53. The van der Waals surface area contributed by atoms with E-state index in [-0.39, 0.29) is 17.9 Å². The van der Waals surface area contributed by atoms with Crippen LogP contribution in [0.25, 0.3) is 0 Å². The van der Waals surface area contributed by atoms with Gasteiger partial charge in [-0.3, -0.25) is 4.79 Å². The maximum atomic E-state index is 11.4. The molecule has 0 aromatic heterocycles. The molecule has 92 valence electrons. The highest BCUT2D eigenvalue weighted by atomic mass is 16.1. The molecule has 1 amide bonds. The molecule has 0 aliphatic heterocycles. The molecule has 0 radical (unpaired) electrons. The van der Waals surface area contributed by atoms with Crippen LogP contribution in [0.2, 0.25) is 0 Å². The first-order valence-corrected chi connectivity index (χ1v) is 6.20. The third kappa shape index (κ3) is 2.67. The van der Waals surface area contributed by atoms with Gasteiger partial charge >= 0.3 is 0 Å². The maximum absolute atomic E-state index is 11.4. The lowest BCUT2D eigenvalue weighted by Gasteiger charge is -2.23. The number of fused-ring (bicyclic) bond motifs is 1. The minimum atomic E-state index is -0.254. The molecule has 2 rings (SSSR count). The number of nitrogens with one attached hydrogen (secondary N) is 1. The number of carbonyl (C=O) groups is 1. The van der Waals surface area contributed by atoms with Crippen molar-refractivity contribution in [2.24, 2.45) is 11.7 Å². The second-order valence-electron chi connectivity index (χ2n) is 5.16. The van der Waals surface area contributed by atoms with Crippen LogP contribution in [-0.4, -0.2) is 18.0 Å². The monoisotopic (exact) mass is 232 g/mol. The fourth-order valence-corrected chi connectivity index (χ4v) is 2.53. The minimum absolute atomic E-state index is 0.227. The van der Waals surface area contributed by atoms with E-state index in [0.717, 1.165) is 12.8 Å². The second kappa shape index (κ2) is 4.88. The van der Waals surface area contributed by atoms with Gasteiger partial charge in [0, 0.05) is 6.04 Å². The van der Waals surface area contributed by atoms with Gasteiger partial charge in [-0.1, -0.05) is 38.1 Å². The van der Waals surface area contributed by atoms with Gasteiger partial charge in [0.25, 0.3) is 0 Å². The topological polar surface area (TPSA) is 55.1 Å². The van der Waals surface area contributed by atoms with Gasteiger partial charge in [0.2, 0.25) is 5.91 Å². The Labute approximate surface area is 102 Å². The molecule has 1 atom stereocenters. The van der Waals surface area contributed by atoms with Crippen molar-refractivity contribution in [3.05, 3.63) is 35.4 Å². The number of amides is 1. The van der Waals surface area contributed by atoms with Crippen LogP contribution in [0.1, 0.15) is 25.0 Å². The van der Waals surface area contributed by atoms with Gasteiger partial charge in [-0.2, -0.15) is 0 Å². The standard InChI is InChI=1S/C14H20N2O/c1-9(2)13(14(15)17)16-12-7-10-5-3-4-6-11(10)8-12/h3-6,9,12-13,16H,7-8H2,1-2H3,(H2,15,17). The lowest BCUT2D eigenvalue weighted by atomic mass is 10.0. The molecule has 3 nitrogen and oxygen atoms in total. The summed E-state index contributed by atoms with van der Waals surface area (Å²) < 4.78 is 0. The molecule has 0 fully saturated rings. The summed E-state index contributed by atoms with van der Waals surface area (Å²) in [5.41, 5.74) is 8.19. The van der Waals surface area contributed by atoms with Crippen LogP contribution in [0.5, 0.6) is 0 Å². The molecule has 0 bridgehead atoms. The van der Waals surface area contributed by atoms with Crippen LogP contribution >= 0.6 is 0 Å². The van der Waals surface area contributed by atoms with E-state index in [9.17, 15) is 4.79 Å². The van der Waals surface area contributed by atoms with Gasteiger partial charge in [-0.05, 0) is 29.9 Å². The Balaban J connectivity index is 2.01. The molecular formula is C14H20N2O. The van der Waals surface area contributed by atoms with Crippen LogP contribution < -0.4 is 11.1 Å². The molecule has 1 aliphatic carbocycles. The molecule has 0 heterocycles. The quantitative estimate of drug-likeness (QED) is 0.821. The molecule has 3 N–H and O–H groups in total. The zero-order chi connectivity index (χ0) is 12.4. The van der Waals surface area contributed by atoms with Gasteiger partial charge in [-0.25, -0.2) is 0 Å². The molecule has 0 saturated heterocycles. The van der Waals surface area contributed by atoms with Crippen molar-refractivity contribution < 1.29 is 4.79 Å². The largest absolute Gasteiger partial charge is 0.368 e. The summed E-state index contributed by atoms with van der Waals surface area (Å²) in [7, 11) is 0. The number of hydrogen-bond donors (Lipinski definition) is 2. The Morgan fingerprint density at radius 3 is 2.24 bits per heavy atom. The average Bonchev–Trinajstić information content (AvgIpc) is 2.67. The van der Waals surface area contributed by atoms with Crippen molar-refractivity contribution >= 4 is 5.91 Å². The summed E-state index contributed by atoms with van der Waals surface area (Å²) in [4.78, 5) is 11.4. The third-order valence-corrected chi connectivity index (χ3v) is 3.44. The number of carbonyl (C=O) groups excluding carboxylic acids is 1. The molecule has 3 heteroatoms. The van der Waals surface area contributed by atoms with Gasteiger partial charge < -0.3 is 11.1 Å². The highest BCUT2D eigenvalue weighted by Gasteiger charge is 2.27. The van der Waals surface area contributed by atoms with Crippen molar-refractivity contribution in [1.82, 2.24) is 5.32 Å². The lowest BCUT2D eigenvalue weighted by Crippen LogP contribution is -2.49. The smallest absolute Gasteiger partial charge is 0.234 e. The van der Waals surface area contributed by atoms with Gasteiger partial charge in [0.05, 0.1) is 6.04 Å². The van der Waals surface area contributed by atoms with E-state index < -0.39 is 0 Å². The molecule has 1 aromatic carbocycles. The van der Waals surface area contributed by atoms with Gasteiger partial charge in [0.15, 0.2) is 0 Å². The molecular weight excluding hydrogens is 212 g/mol. The fraction of sp³-hybridized carbons (Fsp3) is 0.500. The predicted octanol–water partition coefficient (Wildman–Crippen LogP) is 1.25. The van der Waals surface area contributed by atoms with Crippen molar-refractivity contribution in [3.8, 4) is 0 Å². The van der Waals surface area contributed by atoms with Crippen molar-refractivity contribution in [2.75, 3.05) is 0 Å². The summed E-state index contributed by atoms with van der Waals surface area (Å²) >= 11 is 0. The number of hydrogen-bond acceptors (Lipinski definition) is 2. The summed E-state index contributed by atoms with van der Waals surface area (Å²) in [5.74, 6) is -0.0211. The summed E-state index contributed by atoms with van der Waals surface area (Å²) in [5, 5.41) is 3.39. The minimum Gasteiger partial charge on any atom is -0.368 e. The van der Waals surface area contributed by atoms with E-state index in [4.69, 9.17) is 5.73 Å². The van der Waals surface area contributed by atoms with E-state index in [2.05, 4.69) is 29.6 Å². The van der Waals surface area contributed by atoms with Gasteiger partial charge in [-0.15, -0.1) is 0 Å². The highest BCUT2D eigenvalue weighted by Crippen LogP contribution is 2.22. The van der Waals surface area contributed by atoms with E-state index in [0.29, 0.717) is 6.04 Å². The van der Waals surface area contributed by atoms with Crippen LogP contribution in [0.4, 0.5) is 0 Å². The van der Waals surface area contributed by atoms with E-state index >= 15 is 0 Å². The van der Waals surface area contributed by atoms with Crippen molar-refractivity contribution in [3.63, 3.8) is 0 Å². The SMILES string of the molecule is CC(C)C(NC1Cc2ccccc2C1)C(N)=O. The molecule has 0 saturated carbocycles. The molecule has 1 aliphatic rings. The normalized spacial score (nSPS) is 17.1. The number of benzene rings is 1. The Hall–Kier alpha value is -1.35. The zero-order valence-electron chi connectivity index (χ0n) is 10.4. The summed E-state index contributed by atoms with van der Waals surface area (Å²) in [6.07, 6.45) is 1.99. The Kier molecular flexibility index (Phi) is 3.48. The van der Waals surface area contributed by atoms with E-state index in [1.807, 2.05) is 13.8 Å². The van der Waals surface area contributed by atoms with Crippen LogP contribution in [0.15, 0.2) is 24.3 Å². The van der Waals surface area contributed by atoms with Crippen LogP contribution in [0.3, 0.4) is 0 Å². The molecule has 17 heavy (non-hydrogen) atoms. The molecule has 1 unspecified atom stereocenters. The summed E-state index contributed by atoms with van der Waals surface area (Å²) in [6, 6.07) is 8.56. The van der Waals surface area contributed by atoms with Crippen molar-refractivity contribution in [2.45, 2.75) is 38.8 Å². The summed E-state index contributed by atoms with van der Waals surface area (Å²) in [6.45, 7) is 4.04. The first kappa shape index (κ1) is 12.1. The Morgan fingerprint density at radius 2 is 1.82 bits per heavy atom. The zero-order valence-corrected chi connectivity index (χ0v) is 10.4. The number of nitrogens with two attached hydrogens (primary N) is 1. The first-order valence-electron chi connectivity index (χ1n) is 6.20. The van der Waals surface area contributed by atoms with Crippen LogP contribution in [-0.2, 0) is 17.6 Å². The Morgan fingerprint density at radius 1 is 1.29 bits per heavy atom. The van der Waals surface area contributed by atoms with Gasteiger partial charge in [0.1, 0.15) is 0 Å². The third-order valence-electron chi connectivity index (χ3n) is 3.44. The molecule has 1 aromatic rings. The Bertz CT molecular complexity index is 389. The highest BCUT2D eigenvalue weighted by molar-refractivity contribution is 5.80. The first-order chi connectivity index (χ1) is 8.08. The predicted molar refractivity (Wildman–Crippen MR) is 68.6 cm³/mol. The van der Waals surface area contributed by atoms with E-state index in [1.54, 1.807) is 0 Å². The van der Waals surface area contributed by atoms with Crippen LogP contribution in [0, 0.1) is 5.92 Å². The average molecular weight is 232 g/mol. The maximum Gasteiger partial charge on any atom is 0.234 e. The number of primary amides is 1. The second-order valence-corrected chi connectivity index (χ2v) is 5.16. The number of rotatable bonds is 4. The van der Waals surface area contributed by atoms with Crippen molar-refractivity contribution in [1.29, 1.82) is 0 Å². The van der Waals surface area contributed by atoms with E-state index in [1.165, 1.54) is 11.1 Å². The lowest BCUT2D eigenvalue weighted by molar-refractivity contribution is -0.121. The molecule has 0 spiro atoms.